The van der Waals surface area contributed by atoms with E-state index in [1.807, 2.05) is 48.6 Å². The summed E-state index contributed by atoms with van der Waals surface area (Å²) in [7, 11) is 0. The number of amides is 1. The molecule has 0 aliphatic rings. The lowest BCUT2D eigenvalue weighted by Crippen LogP contribution is -2.31. The summed E-state index contributed by atoms with van der Waals surface area (Å²) in [5.74, 6) is 0.520. The first-order chi connectivity index (χ1) is 15.5. The molecule has 0 saturated carbocycles. The number of nitrogens with zero attached hydrogens (tertiary/aromatic N) is 5. The van der Waals surface area contributed by atoms with Gasteiger partial charge in [-0.2, -0.15) is 10.4 Å². The number of carbonyl (C=O) groups excluding carboxylic acids is 1. The maximum Gasteiger partial charge on any atom is 0.255 e. The molecule has 0 fully saturated rings. The van der Waals surface area contributed by atoms with E-state index < -0.39 is 0 Å². The van der Waals surface area contributed by atoms with Gasteiger partial charge in [0.25, 0.3) is 5.91 Å². The van der Waals surface area contributed by atoms with E-state index in [0.29, 0.717) is 41.3 Å². The van der Waals surface area contributed by atoms with Gasteiger partial charge in [0.2, 0.25) is 0 Å². The van der Waals surface area contributed by atoms with E-state index in [4.69, 9.17) is 14.7 Å². The molecule has 1 amide bonds. The smallest absolute Gasteiger partial charge is 0.255 e. The van der Waals surface area contributed by atoms with Crippen LogP contribution in [0.4, 0.5) is 0 Å². The number of rotatable bonds is 7. The van der Waals surface area contributed by atoms with Crippen LogP contribution in [0.1, 0.15) is 54.7 Å². The monoisotopic (exact) mass is 427 g/mol. The minimum atomic E-state index is -0.0836. The molecule has 0 aliphatic carbocycles. The summed E-state index contributed by atoms with van der Waals surface area (Å²) in [6.45, 7) is 7.17. The summed E-state index contributed by atoms with van der Waals surface area (Å²) < 4.78 is 7.38. The maximum absolute atomic E-state index is 13.8. The van der Waals surface area contributed by atoms with Crippen molar-refractivity contribution in [2.24, 2.45) is 0 Å². The lowest BCUT2D eigenvalue weighted by Gasteiger charge is -2.23. The van der Waals surface area contributed by atoms with Crippen molar-refractivity contribution in [2.45, 2.75) is 39.8 Å². The highest BCUT2D eigenvalue weighted by Gasteiger charge is 2.23. The van der Waals surface area contributed by atoms with Crippen molar-refractivity contribution in [3.05, 3.63) is 71.6 Å². The number of pyridine rings is 1. The zero-order chi connectivity index (χ0) is 22.7. The third kappa shape index (κ3) is 4.12. The Kier molecular flexibility index (Phi) is 6.04. The van der Waals surface area contributed by atoms with Crippen molar-refractivity contribution in [1.29, 1.82) is 5.26 Å². The summed E-state index contributed by atoms with van der Waals surface area (Å²) >= 11 is 0. The van der Waals surface area contributed by atoms with Gasteiger partial charge in [-0.1, -0.05) is 19.1 Å². The standard InChI is InChI=1S/C25H25N5O2/c1-4-11-29(16-19-9-7-18(14-26)8-10-19)25(31)20-13-22(23-6-5-12-32-23)28-24-21(20)15-27-30(24)17(2)3/h5-10,12-13,15,17H,4,11,16H2,1-3H3. The molecular formula is C25H25N5O2. The molecule has 0 radical (unpaired) electrons. The Bertz CT molecular complexity index is 1260. The summed E-state index contributed by atoms with van der Waals surface area (Å²) in [6, 6.07) is 15.0. The van der Waals surface area contributed by atoms with E-state index >= 15 is 0 Å². The molecule has 0 bridgehead atoms. The first-order valence-electron chi connectivity index (χ1n) is 10.7. The van der Waals surface area contributed by atoms with Gasteiger partial charge in [-0.15, -0.1) is 0 Å². The number of hydrogen-bond acceptors (Lipinski definition) is 5. The van der Waals surface area contributed by atoms with Crippen LogP contribution in [-0.4, -0.2) is 32.1 Å². The van der Waals surface area contributed by atoms with Crippen LogP contribution in [-0.2, 0) is 6.54 Å². The maximum atomic E-state index is 13.8. The van der Waals surface area contributed by atoms with Gasteiger partial charge in [0, 0.05) is 19.1 Å². The van der Waals surface area contributed by atoms with Crippen molar-refractivity contribution in [3.63, 3.8) is 0 Å². The fraction of sp³-hybridized carbons (Fsp3) is 0.280. The Morgan fingerprint density at radius 3 is 2.66 bits per heavy atom. The quantitative estimate of drug-likeness (QED) is 0.405. The zero-order valence-electron chi connectivity index (χ0n) is 18.4. The number of carbonyl (C=O) groups is 1. The van der Waals surface area contributed by atoms with Crippen molar-refractivity contribution < 1.29 is 9.21 Å². The van der Waals surface area contributed by atoms with E-state index in [1.54, 1.807) is 36.7 Å². The lowest BCUT2D eigenvalue weighted by molar-refractivity contribution is 0.0745. The van der Waals surface area contributed by atoms with E-state index in [9.17, 15) is 4.79 Å². The molecule has 7 heteroatoms. The van der Waals surface area contributed by atoms with Crippen LogP contribution in [0.15, 0.2) is 59.3 Å². The molecule has 7 nitrogen and oxygen atoms in total. The molecule has 32 heavy (non-hydrogen) atoms. The minimum absolute atomic E-state index is 0.0836. The van der Waals surface area contributed by atoms with Gasteiger partial charge in [0.05, 0.1) is 35.0 Å². The summed E-state index contributed by atoms with van der Waals surface area (Å²) in [4.78, 5) is 20.3. The van der Waals surface area contributed by atoms with Crippen molar-refractivity contribution in [2.75, 3.05) is 6.54 Å². The Hall–Kier alpha value is -3.92. The van der Waals surface area contributed by atoms with Gasteiger partial charge in [-0.3, -0.25) is 4.79 Å². The second-order valence-electron chi connectivity index (χ2n) is 7.99. The average Bonchev–Trinajstić information content (AvgIpc) is 3.48. The number of nitriles is 1. The third-order valence-electron chi connectivity index (χ3n) is 5.30. The van der Waals surface area contributed by atoms with Gasteiger partial charge >= 0.3 is 0 Å². The number of aromatic nitrogens is 3. The second kappa shape index (κ2) is 9.06. The largest absolute Gasteiger partial charge is 0.463 e. The summed E-state index contributed by atoms with van der Waals surface area (Å²) in [5, 5.41) is 14.3. The van der Waals surface area contributed by atoms with Crippen molar-refractivity contribution in [3.8, 4) is 17.5 Å². The van der Waals surface area contributed by atoms with E-state index in [-0.39, 0.29) is 11.9 Å². The predicted octanol–water partition coefficient (Wildman–Crippen LogP) is 5.20. The lowest BCUT2D eigenvalue weighted by atomic mass is 10.1. The molecule has 0 spiro atoms. The van der Waals surface area contributed by atoms with Crippen LogP contribution < -0.4 is 0 Å². The van der Waals surface area contributed by atoms with Crippen LogP contribution >= 0.6 is 0 Å². The van der Waals surface area contributed by atoms with Crippen LogP contribution in [0.3, 0.4) is 0 Å². The minimum Gasteiger partial charge on any atom is -0.463 e. The average molecular weight is 428 g/mol. The zero-order valence-corrected chi connectivity index (χ0v) is 18.4. The Morgan fingerprint density at radius 1 is 1.25 bits per heavy atom. The van der Waals surface area contributed by atoms with Crippen LogP contribution in [0.2, 0.25) is 0 Å². The molecule has 162 valence electrons. The Morgan fingerprint density at radius 2 is 2.03 bits per heavy atom. The predicted molar refractivity (Wildman–Crippen MR) is 122 cm³/mol. The first kappa shape index (κ1) is 21.3. The Labute approximate surface area is 186 Å². The number of benzene rings is 1. The number of hydrogen-bond donors (Lipinski definition) is 0. The molecule has 0 atom stereocenters. The third-order valence-corrected chi connectivity index (χ3v) is 5.30. The molecule has 3 heterocycles. The normalized spacial score (nSPS) is 11.1. The molecule has 4 rings (SSSR count). The molecular weight excluding hydrogens is 402 g/mol. The molecule has 0 aliphatic heterocycles. The summed E-state index contributed by atoms with van der Waals surface area (Å²) in [6.07, 6.45) is 4.14. The van der Waals surface area contributed by atoms with Crippen molar-refractivity contribution >= 4 is 16.9 Å². The molecule has 0 saturated heterocycles. The molecule has 3 aromatic heterocycles. The molecule has 4 aromatic rings. The van der Waals surface area contributed by atoms with Crippen molar-refractivity contribution in [1.82, 2.24) is 19.7 Å². The van der Waals surface area contributed by atoms with Gasteiger partial charge in [0.15, 0.2) is 11.4 Å². The summed E-state index contributed by atoms with van der Waals surface area (Å²) in [5.41, 5.74) is 3.38. The Balaban J connectivity index is 1.78. The van der Waals surface area contributed by atoms with Crippen LogP contribution in [0, 0.1) is 11.3 Å². The molecule has 0 unspecified atom stereocenters. The van der Waals surface area contributed by atoms with E-state index in [2.05, 4.69) is 11.2 Å². The fourth-order valence-corrected chi connectivity index (χ4v) is 3.72. The second-order valence-corrected chi connectivity index (χ2v) is 7.99. The highest BCUT2D eigenvalue weighted by atomic mass is 16.3. The van der Waals surface area contributed by atoms with E-state index in [0.717, 1.165) is 17.4 Å². The highest BCUT2D eigenvalue weighted by Crippen LogP contribution is 2.28. The highest BCUT2D eigenvalue weighted by molar-refractivity contribution is 6.06. The van der Waals surface area contributed by atoms with Gasteiger partial charge in [-0.05, 0) is 56.2 Å². The number of fused-ring (bicyclic) bond motifs is 1. The SMILES string of the molecule is CCCN(Cc1ccc(C#N)cc1)C(=O)c1cc(-c2ccco2)nc2c1cnn2C(C)C. The fourth-order valence-electron chi connectivity index (χ4n) is 3.72. The topological polar surface area (TPSA) is 87.9 Å². The van der Waals surface area contributed by atoms with Gasteiger partial charge in [-0.25, -0.2) is 9.67 Å². The first-order valence-corrected chi connectivity index (χ1v) is 10.7. The van der Waals surface area contributed by atoms with Gasteiger partial charge < -0.3 is 9.32 Å². The molecule has 0 N–H and O–H groups in total. The number of furan rings is 1. The molecule has 1 aromatic carbocycles. The van der Waals surface area contributed by atoms with Gasteiger partial charge in [0.1, 0.15) is 5.69 Å². The van der Waals surface area contributed by atoms with E-state index in [1.165, 1.54) is 0 Å². The van der Waals surface area contributed by atoms with Crippen LogP contribution in [0.25, 0.3) is 22.5 Å². The van der Waals surface area contributed by atoms with Crippen LogP contribution in [0.5, 0.6) is 0 Å².